The van der Waals surface area contributed by atoms with Gasteiger partial charge in [0.15, 0.2) is 0 Å². The fraction of sp³-hybridized carbons (Fsp3) is 0.391. The van der Waals surface area contributed by atoms with Crippen LogP contribution in [0.3, 0.4) is 0 Å². The summed E-state index contributed by atoms with van der Waals surface area (Å²) in [6, 6.07) is 12.7. The van der Waals surface area contributed by atoms with Crippen LogP contribution in [0.1, 0.15) is 11.7 Å². The Morgan fingerprint density at radius 2 is 1.76 bits per heavy atom. The Morgan fingerprint density at radius 1 is 1.06 bits per heavy atom. The second-order valence-corrected chi connectivity index (χ2v) is 9.38. The van der Waals surface area contributed by atoms with Gasteiger partial charge in [0.25, 0.3) is 0 Å². The van der Waals surface area contributed by atoms with Crippen molar-refractivity contribution in [3.63, 3.8) is 0 Å². The van der Waals surface area contributed by atoms with E-state index in [-0.39, 0.29) is 16.7 Å². The molecule has 0 spiro atoms. The van der Waals surface area contributed by atoms with Gasteiger partial charge in [-0.1, -0.05) is 18.2 Å². The van der Waals surface area contributed by atoms with Crippen molar-refractivity contribution in [2.45, 2.75) is 17.6 Å². The van der Waals surface area contributed by atoms with Gasteiger partial charge in [0.1, 0.15) is 11.5 Å². The van der Waals surface area contributed by atoms with Crippen molar-refractivity contribution in [1.29, 1.82) is 0 Å². The summed E-state index contributed by atoms with van der Waals surface area (Å²) in [6.07, 6.45) is 1.47. The zero-order valence-corrected chi connectivity index (χ0v) is 19.2. The maximum atomic E-state index is 13.0. The molecule has 0 bridgehead atoms. The van der Waals surface area contributed by atoms with E-state index in [1.165, 1.54) is 28.6 Å². The van der Waals surface area contributed by atoms with E-state index >= 15 is 0 Å². The summed E-state index contributed by atoms with van der Waals surface area (Å²) in [7, 11) is -2.12. The summed E-state index contributed by atoms with van der Waals surface area (Å²) in [4.78, 5) is 2.19. The molecule has 180 valence electrons. The van der Waals surface area contributed by atoms with Gasteiger partial charge in [-0.25, -0.2) is 8.42 Å². The molecule has 0 radical (unpaired) electrons. The predicted octanol–water partition coefficient (Wildman–Crippen LogP) is 3.55. The molecule has 0 aliphatic carbocycles. The van der Waals surface area contributed by atoms with Gasteiger partial charge in [-0.15, -0.1) is 6.58 Å². The largest absolute Gasteiger partial charge is 0.497 e. The van der Waals surface area contributed by atoms with Crippen LogP contribution in [0.4, 0.5) is 8.78 Å². The lowest BCUT2D eigenvalue weighted by Crippen LogP contribution is -2.49. The van der Waals surface area contributed by atoms with Gasteiger partial charge in [-0.3, -0.25) is 4.90 Å². The van der Waals surface area contributed by atoms with Crippen LogP contribution >= 0.6 is 0 Å². The summed E-state index contributed by atoms with van der Waals surface area (Å²) in [5, 5.41) is 0. The molecular formula is C23H28F2N2O5S. The van der Waals surface area contributed by atoms with E-state index in [1.54, 1.807) is 13.2 Å². The number of piperazine rings is 1. The molecule has 7 nitrogen and oxygen atoms in total. The minimum Gasteiger partial charge on any atom is -0.497 e. The summed E-state index contributed by atoms with van der Waals surface area (Å²) in [5.74, 6) is 0.650. The second-order valence-electron chi connectivity index (χ2n) is 7.44. The van der Waals surface area contributed by atoms with Crippen LogP contribution in [0.2, 0.25) is 0 Å². The van der Waals surface area contributed by atoms with Crippen molar-refractivity contribution in [3.8, 4) is 11.5 Å². The Morgan fingerprint density at radius 3 is 2.36 bits per heavy atom. The van der Waals surface area contributed by atoms with E-state index in [0.717, 1.165) is 11.3 Å². The van der Waals surface area contributed by atoms with Gasteiger partial charge in [-0.2, -0.15) is 13.1 Å². The van der Waals surface area contributed by atoms with Crippen molar-refractivity contribution in [3.05, 3.63) is 66.7 Å². The highest BCUT2D eigenvalue weighted by molar-refractivity contribution is 7.89. The van der Waals surface area contributed by atoms with Crippen LogP contribution < -0.4 is 9.47 Å². The smallest absolute Gasteiger partial charge is 0.387 e. The zero-order valence-electron chi connectivity index (χ0n) is 18.4. The molecule has 1 aliphatic rings. The van der Waals surface area contributed by atoms with Crippen LogP contribution in [0.15, 0.2) is 66.1 Å². The minimum absolute atomic E-state index is 0.0427. The van der Waals surface area contributed by atoms with Crippen LogP contribution in [0.5, 0.6) is 11.5 Å². The Kier molecular flexibility index (Phi) is 8.79. The van der Waals surface area contributed by atoms with Crippen molar-refractivity contribution >= 4 is 10.0 Å². The fourth-order valence-electron chi connectivity index (χ4n) is 3.61. The molecule has 3 rings (SSSR count). The second kappa shape index (κ2) is 11.6. The van der Waals surface area contributed by atoms with Gasteiger partial charge in [0.2, 0.25) is 10.0 Å². The SMILES string of the molecule is C=CCO[C@@H](CN1CCN(S(=O)(=O)c2ccc(OC(F)F)cc2)CC1)c1cccc(OC)c1. The third-order valence-corrected chi connectivity index (χ3v) is 7.24. The first kappa shape index (κ1) is 25.1. The van der Waals surface area contributed by atoms with E-state index in [0.29, 0.717) is 39.3 Å². The fourth-order valence-corrected chi connectivity index (χ4v) is 5.03. The predicted molar refractivity (Wildman–Crippen MR) is 120 cm³/mol. The number of sulfonamides is 1. The lowest BCUT2D eigenvalue weighted by atomic mass is 10.1. The summed E-state index contributed by atoms with van der Waals surface area (Å²) >= 11 is 0. The molecule has 1 fully saturated rings. The van der Waals surface area contributed by atoms with E-state index in [1.807, 2.05) is 24.3 Å². The number of ether oxygens (including phenoxy) is 3. The molecule has 1 saturated heterocycles. The summed E-state index contributed by atoms with van der Waals surface area (Å²) < 4.78 is 67.5. The van der Waals surface area contributed by atoms with E-state index in [4.69, 9.17) is 9.47 Å². The van der Waals surface area contributed by atoms with Gasteiger partial charge in [0, 0.05) is 32.7 Å². The first-order valence-corrected chi connectivity index (χ1v) is 11.9. The number of hydrogen-bond donors (Lipinski definition) is 0. The molecule has 0 unspecified atom stereocenters. The van der Waals surface area contributed by atoms with Crippen LogP contribution in [0.25, 0.3) is 0 Å². The average Bonchev–Trinajstić information content (AvgIpc) is 2.82. The lowest BCUT2D eigenvalue weighted by molar-refractivity contribution is -0.0498. The van der Waals surface area contributed by atoms with Crippen molar-refractivity contribution in [1.82, 2.24) is 9.21 Å². The summed E-state index contributed by atoms with van der Waals surface area (Å²) in [5.41, 5.74) is 0.970. The Bertz CT molecular complexity index is 1010. The number of alkyl halides is 2. The standard InChI is InChI=1S/C23H28F2N2O5S/c1-3-15-31-22(18-5-4-6-20(16-18)30-2)17-26-11-13-27(14-12-26)33(28,29)21-9-7-19(8-10-21)32-23(24)25/h3-10,16,22-23H,1,11-15,17H2,2H3/t22-/m0/s1. The van der Waals surface area contributed by atoms with Crippen molar-refractivity contribution in [2.75, 3.05) is 46.4 Å². The maximum Gasteiger partial charge on any atom is 0.387 e. The Balaban J connectivity index is 1.63. The van der Waals surface area contributed by atoms with Gasteiger partial charge >= 0.3 is 6.61 Å². The number of nitrogens with zero attached hydrogens (tertiary/aromatic N) is 2. The molecular weight excluding hydrogens is 454 g/mol. The molecule has 2 aromatic rings. The van der Waals surface area contributed by atoms with Crippen molar-refractivity contribution < 1.29 is 31.4 Å². The van der Waals surface area contributed by atoms with Crippen LogP contribution in [0, 0.1) is 0 Å². The molecule has 0 saturated carbocycles. The zero-order chi connectivity index (χ0) is 23.8. The number of hydrogen-bond acceptors (Lipinski definition) is 6. The quantitative estimate of drug-likeness (QED) is 0.457. The molecule has 0 amide bonds. The normalized spacial score (nSPS) is 16.5. The maximum absolute atomic E-state index is 13.0. The number of benzene rings is 2. The highest BCUT2D eigenvalue weighted by Crippen LogP contribution is 2.25. The van der Waals surface area contributed by atoms with E-state index in [9.17, 15) is 17.2 Å². The molecule has 0 N–H and O–H groups in total. The van der Waals surface area contributed by atoms with E-state index in [2.05, 4.69) is 16.2 Å². The summed E-state index contributed by atoms with van der Waals surface area (Å²) in [6.45, 7) is 3.41. The molecule has 10 heteroatoms. The van der Waals surface area contributed by atoms with E-state index < -0.39 is 16.6 Å². The molecule has 33 heavy (non-hydrogen) atoms. The number of rotatable bonds is 11. The number of halogens is 2. The van der Waals surface area contributed by atoms with Crippen LogP contribution in [-0.2, 0) is 14.8 Å². The minimum atomic E-state index is -3.73. The third-order valence-electron chi connectivity index (χ3n) is 5.32. The molecule has 1 atom stereocenters. The molecule has 1 heterocycles. The highest BCUT2D eigenvalue weighted by Gasteiger charge is 2.29. The van der Waals surface area contributed by atoms with Gasteiger partial charge in [0.05, 0.1) is 24.7 Å². The Hall–Kier alpha value is -2.53. The first-order chi connectivity index (χ1) is 15.8. The van der Waals surface area contributed by atoms with Gasteiger partial charge in [-0.05, 0) is 42.0 Å². The average molecular weight is 483 g/mol. The van der Waals surface area contributed by atoms with Gasteiger partial charge < -0.3 is 14.2 Å². The topological polar surface area (TPSA) is 68.3 Å². The highest BCUT2D eigenvalue weighted by atomic mass is 32.2. The molecule has 0 aromatic heterocycles. The molecule has 2 aromatic carbocycles. The Labute approximate surface area is 193 Å². The lowest BCUT2D eigenvalue weighted by Gasteiger charge is -2.35. The first-order valence-electron chi connectivity index (χ1n) is 10.5. The third kappa shape index (κ3) is 6.73. The monoisotopic (exact) mass is 482 g/mol. The number of methoxy groups -OCH3 is 1. The van der Waals surface area contributed by atoms with Crippen LogP contribution in [-0.4, -0.2) is 70.7 Å². The molecule has 1 aliphatic heterocycles. The van der Waals surface area contributed by atoms with Crippen molar-refractivity contribution in [2.24, 2.45) is 0 Å².